The average Bonchev–Trinajstić information content (AvgIpc) is 2.82. The van der Waals surface area contributed by atoms with Gasteiger partial charge in [-0.25, -0.2) is 19.7 Å². The number of nitrogens with zero attached hydrogens (tertiary/aromatic N) is 3. The molecule has 0 saturated carbocycles. The standard InChI is InChI=1S/C11H12N4O2S/c1-7-12-3-8(18-7)4-14-10-6-13-9(5-15-10)11(16)17-2/h3,5-6H,4H2,1-2H3,(H,14,15). The van der Waals surface area contributed by atoms with Crippen LogP contribution in [0.15, 0.2) is 18.6 Å². The number of ether oxygens (including phenoxy) is 1. The Balaban J connectivity index is 1.96. The number of rotatable bonds is 4. The maximum absolute atomic E-state index is 11.2. The highest BCUT2D eigenvalue weighted by Gasteiger charge is 2.07. The van der Waals surface area contributed by atoms with E-state index in [0.29, 0.717) is 12.4 Å². The second-order valence-corrected chi connectivity index (χ2v) is 4.80. The predicted octanol–water partition coefficient (Wildman–Crippen LogP) is 1.64. The summed E-state index contributed by atoms with van der Waals surface area (Å²) >= 11 is 1.62. The Labute approximate surface area is 108 Å². The zero-order valence-electron chi connectivity index (χ0n) is 10.0. The number of nitrogens with one attached hydrogen (secondary N) is 1. The first-order valence-electron chi connectivity index (χ1n) is 5.24. The molecule has 2 aromatic heterocycles. The van der Waals surface area contributed by atoms with E-state index in [4.69, 9.17) is 0 Å². The van der Waals surface area contributed by atoms with Gasteiger partial charge in [0.05, 0.1) is 31.1 Å². The molecule has 0 spiro atoms. The van der Waals surface area contributed by atoms with Crippen molar-refractivity contribution in [3.63, 3.8) is 0 Å². The number of hydrogen-bond donors (Lipinski definition) is 1. The molecular formula is C11H12N4O2S. The fourth-order valence-electron chi connectivity index (χ4n) is 1.29. The summed E-state index contributed by atoms with van der Waals surface area (Å²) in [5, 5.41) is 4.13. The number of esters is 1. The molecule has 18 heavy (non-hydrogen) atoms. The van der Waals surface area contributed by atoms with Crippen molar-refractivity contribution < 1.29 is 9.53 Å². The van der Waals surface area contributed by atoms with E-state index in [1.54, 1.807) is 11.3 Å². The second kappa shape index (κ2) is 5.54. The topological polar surface area (TPSA) is 77.0 Å². The molecule has 0 amide bonds. The molecule has 1 N–H and O–H groups in total. The summed E-state index contributed by atoms with van der Waals surface area (Å²) in [6, 6.07) is 0. The molecule has 94 valence electrons. The number of aryl methyl sites for hydroxylation is 1. The molecule has 0 bridgehead atoms. The summed E-state index contributed by atoms with van der Waals surface area (Å²) in [6.45, 7) is 2.59. The third kappa shape index (κ3) is 3.01. The molecule has 0 aliphatic heterocycles. The first-order chi connectivity index (χ1) is 8.69. The van der Waals surface area contributed by atoms with Crippen LogP contribution in [0.5, 0.6) is 0 Å². The zero-order valence-corrected chi connectivity index (χ0v) is 10.8. The van der Waals surface area contributed by atoms with Crippen LogP contribution in [0.1, 0.15) is 20.4 Å². The maximum Gasteiger partial charge on any atom is 0.358 e. The van der Waals surface area contributed by atoms with Crippen molar-refractivity contribution >= 4 is 23.1 Å². The number of carbonyl (C=O) groups excluding carboxylic acids is 1. The van der Waals surface area contributed by atoms with Gasteiger partial charge in [0.15, 0.2) is 5.69 Å². The average molecular weight is 264 g/mol. The second-order valence-electron chi connectivity index (χ2n) is 3.48. The molecule has 6 nitrogen and oxygen atoms in total. The van der Waals surface area contributed by atoms with E-state index in [1.165, 1.54) is 19.5 Å². The lowest BCUT2D eigenvalue weighted by Gasteiger charge is -2.03. The lowest BCUT2D eigenvalue weighted by Crippen LogP contribution is -2.07. The predicted molar refractivity (Wildman–Crippen MR) is 67.5 cm³/mol. The van der Waals surface area contributed by atoms with Crippen LogP contribution in [-0.2, 0) is 11.3 Å². The van der Waals surface area contributed by atoms with E-state index in [-0.39, 0.29) is 5.69 Å². The molecule has 7 heteroatoms. The minimum absolute atomic E-state index is 0.191. The Bertz CT molecular complexity index is 538. The van der Waals surface area contributed by atoms with Crippen molar-refractivity contribution in [1.82, 2.24) is 15.0 Å². The molecule has 0 fully saturated rings. The molecule has 2 aromatic rings. The van der Waals surface area contributed by atoms with Crippen LogP contribution in [0.4, 0.5) is 5.82 Å². The largest absolute Gasteiger partial charge is 0.464 e. The molecule has 0 atom stereocenters. The summed E-state index contributed by atoms with van der Waals surface area (Å²) in [7, 11) is 1.31. The molecule has 0 radical (unpaired) electrons. The van der Waals surface area contributed by atoms with Gasteiger partial charge in [0.2, 0.25) is 0 Å². The maximum atomic E-state index is 11.2. The van der Waals surface area contributed by atoms with Crippen LogP contribution >= 0.6 is 11.3 Å². The lowest BCUT2D eigenvalue weighted by atomic mass is 10.4. The van der Waals surface area contributed by atoms with E-state index in [1.807, 2.05) is 13.1 Å². The normalized spacial score (nSPS) is 10.1. The van der Waals surface area contributed by atoms with Gasteiger partial charge in [-0.05, 0) is 6.92 Å². The first-order valence-corrected chi connectivity index (χ1v) is 6.06. The minimum Gasteiger partial charge on any atom is -0.464 e. The molecule has 0 aliphatic rings. The number of aromatic nitrogens is 3. The van der Waals surface area contributed by atoms with Gasteiger partial charge < -0.3 is 10.1 Å². The van der Waals surface area contributed by atoms with Crippen LogP contribution in [0.2, 0.25) is 0 Å². The molecule has 0 saturated heterocycles. The Hall–Kier alpha value is -2.02. The van der Waals surface area contributed by atoms with Gasteiger partial charge in [0.25, 0.3) is 0 Å². The highest BCUT2D eigenvalue weighted by molar-refractivity contribution is 7.11. The Morgan fingerprint density at radius 1 is 1.33 bits per heavy atom. The van der Waals surface area contributed by atoms with Crippen molar-refractivity contribution in [2.75, 3.05) is 12.4 Å². The quantitative estimate of drug-likeness (QED) is 0.846. The summed E-state index contributed by atoms with van der Waals surface area (Å²) in [5.74, 6) is 0.112. The minimum atomic E-state index is -0.493. The van der Waals surface area contributed by atoms with Gasteiger partial charge >= 0.3 is 5.97 Å². The summed E-state index contributed by atoms with van der Waals surface area (Å²) in [5.41, 5.74) is 0.191. The van der Waals surface area contributed by atoms with Crippen molar-refractivity contribution in [1.29, 1.82) is 0 Å². The van der Waals surface area contributed by atoms with Crippen LogP contribution in [-0.4, -0.2) is 28.0 Å². The summed E-state index contributed by atoms with van der Waals surface area (Å²) < 4.78 is 4.54. The van der Waals surface area contributed by atoms with Crippen molar-refractivity contribution in [3.8, 4) is 0 Å². The molecule has 0 aromatic carbocycles. The van der Waals surface area contributed by atoms with Crippen LogP contribution in [0, 0.1) is 6.92 Å². The number of anilines is 1. The highest BCUT2D eigenvalue weighted by Crippen LogP contribution is 2.13. The molecule has 2 heterocycles. The van der Waals surface area contributed by atoms with Gasteiger partial charge in [-0.2, -0.15) is 0 Å². The van der Waals surface area contributed by atoms with Gasteiger partial charge in [0.1, 0.15) is 5.82 Å². The van der Waals surface area contributed by atoms with E-state index in [9.17, 15) is 4.79 Å². The van der Waals surface area contributed by atoms with E-state index in [2.05, 4.69) is 25.0 Å². The fraction of sp³-hybridized carbons (Fsp3) is 0.273. The fourth-order valence-corrected chi connectivity index (χ4v) is 2.03. The smallest absolute Gasteiger partial charge is 0.358 e. The van der Waals surface area contributed by atoms with E-state index < -0.39 is 5.97 Å². The Kier molecular flexibility index (Phi) is 3.83. The van der Waals surface area contributed by atoms with Crippen molar-refractivity contribution in [2.45, 2.75) is 13.5 Å². The number of hydrogen-bond acceptors (Lipinski definition) is 7. The van der Waals surface area contributed by atoms with Gasteiger partial charge in [-0.1, -0.05) is 0 Å². The molecular weight excluding hydrogens is 252 g/mol. The zero-order chi connectivity index (χ0) is 13.0. The van der Waals surface area contributed by atoms with Crippen molar-refractivity contribution in [2.24, 2.45) is 0 Å². The number of methoxy groups -OCH3 is 1. The van der Waals surface area contributed by atoms with Gasteiger partial charge in [-0.3, -0.25) is 0 Å². The van der Waals surface area contributed by atoms with Crippen molar-refractivity contribution in [3.05, 3.63) is 34.2 Å². The lowest BCUT2D eigenvalue weighted by molar-refractivity contribution is 0.0593. The summed E-state index contributed by atoms with van der Waals surface area (Å²) in [6.07, 6.45) is 4.70. The molecule has 0 aliphatic carbocycles. The third-order valence-corrected chi connectivity index (χ3v) is 3.07. The first kappa shape index (κ1) is 12.4. The van der Waals surface area contributed by atoms with Gasteiger partial charge in [-0.15, -0.1) is 11.3 Å². The van der Waals surface area contributed by atoms with Crippen LogP contribution < -0.4 is 5.32 Å². The van der Waals surface area contributed by atoms with E-state index >= 15 is 0 Å². The Morgan fingerprint density at radius 2 is 2.17 bits per heavy atom. The number of carbonyl (C=O) groups is 1. The van der Waals surface area contributed by atoms with Crippen LogP contribution in [0.25, 0.3) is 0 Å². The van der Waals surface area contributed by atoms with Gasteiger partial charge in [0, 0.05) is 11.1 Å². The molecule has 0 unspecified atom stereocenters. The number of thiazole rings is 1. The Morgan fingerprint density at radius 3 is 2.72 bits per heavy atom. The molecule has 2 rings (SSSR count). The van der Waals surface area contributed by atoms with E-state index in [0.717, 1.165) is 9.88 Å². The summed E-state index contributed by atoms with van der Waals surface area (Å²) in [4.78, 5) is 24.5. The monoisotopic (exact) mass is 264 g/mol. The highest BCUT2D eigenvalue weighted by atomic mass is 32.1. The SMILES string of the molecule is COC(=O)c1cnc(NCc2cnc(C)s2)cn1. The third-order valence-electron chi connectivity index (χ3n) is 2.16. The van der Waals surface area contributed by atoms with Crippen LogP contribution in [0.3, 0.4) is 0 Å².